The number of fused-ring (bicyclic) bond motifs is 1. The van der Waals surface area contributed by atoms with Gasteiger partial charge in [-0.3, -0.25) is 9.59 Å². The summed E-state index contributed by atoms with van der Waals surface area (Å²) < 4.78 is 15.8. The van der Waals surface area contributed by atoms with Crippen molar-refractivity contribution in [1.29, 1.82) is 0 Å². The average Bonchev–Trinajstić information content (AvgIpc) is 3.12. The van der Waals surface area contributed by atoms with Crippen molar-refractivity contribution in [1.82, 2.24) is 14.5 Å². The van der Waals surface area contributed by atoms with E-state index in [0.717, 1.165) is 0 Å². The van der Waals surface area contributed by atoms with Crippen molar-refractivity contribution in [2.45, 2.75) is 6.54 Å². The second kappa shape index (κ2) is 7.52. The van der Waals surface area contributed by atoms with E-state index in [0.29, 0.717) is 27.4 Å². The molecular formula is C21H16ClFN4O2. The number of halogens is 2. The van der Waals surface area contributed by atoms with Crippen molar-refractivity contribution in [3.05, 3.63) is 93.5 Å². The summed E-state index contributed by atoms with van der Waals surface area (Å²) in [5, 5.41) is 0.988. The molecule has 0 saturated heterocycles. The van der Waals surface area contributed by atoms with Gasteiger partial charge in [0.25, 0.3) is 5.91 Å². The van der Waals surface area contributed by atoms with Gasteiger partial charge in [-0.05, 0) is 29.8 Å². The Morgan fingerprint density at radius 3 is 2.76 bits per heavy atom. The number of aryl methyl sites for hydroxylation is 1. The number of benzene rings is 2. The number of carbonyl (C=O) groups is 1. The van der Waals surface area contributed by atoms with Crippen LogP contribution in [0.4, 0.5) is 10.1 Å². The van der Waals surface area contributed by atoms with Crippen molar-refractivity contribution in [2.24, 2.45) is 7.05 Å². The van der Waals surface area contributed by atoms with Crippen LogP contribution < -0.4 is 10.5 Å². The summed E-state index contributed by atoms with van der Waals surface area (Å²) in [7, 11) is 1.72. The molecule has 0 aliphatic heterocycles. The van der Waals surface area contributed by atoms with E-state index in [2.05, 4.69) is 9.97 Å². The standard InChI is InChI=1S/C21H16ClFN4O2/c1-26-12-24-10-18(26)21(29)27(15-5-2-4-14(22)9-15)11-13-8-19(28)25-20-16(13)6-3-7-17(20)23/h2-10,12H,11H2,1H3,(H,25,28). The Balaban J connectivity index is 1.86. The number of aromatic nitrogens is 3. The molecular weight excluding hydrogens is 395 g/mol. The Hall–Kier alpha value is -3.45. The third-order valence-electron chi connectivity index (χ3n) is 4.64. The molecule has 4 aromatic rings. The molecule has 1 N–H and O–H groups in total. The molecule has 2 aromatic carbocycles. The maximum Gasteiger partial charge on any atom is 0.276 e. The van der Waals surface area contributed by atoms with Crippen LogP contribution in [0.1, 0.15) is 16.1 Å². The largest absolute Gasteiger partial charge is 0.330 e. The predicted octanol–water partition coefficient (Wildman–Crippen LogP) is 3.90. The van der Waals surface area contributed by atoms with Crippen LogP contribution >= 0.6 is 11.6 Å². The van der Waals surface area contributed by atoms with Crippen molar-refractivity contribution in [3.8, 4) is 0 Å². The van der Waals surface area contributed by atoms with Crippen LogP contribution in [-0.4, -0.2) is 20.4 Å². The molecule has 0 fully saturated rings. The molecule has 8 heteroatoms. The fraction of sp³-hybridized carbons (Fsp3) is 0.0952. The van der Waals surface area contributed by atoms with Gasteiger partial charge in [-0.25, -0.2) is 9.37 Å². The van der Waals surface area contributed by atoms with E-state index in [1.54, 1.807) is 48.0 Å². The van der Waals surface area contributed by atoms with E-state index in [4.69, 9.17) is 11.6 Å². The molecule has 2 aromatic heterocycles. The Morgan fingerprint density at radius 2 is 2.03 bits per heavy atom. The number of rotatable bonds is 4. The van der Waals surface area contributed by atoms with Gasteiger partial charge in [0.05, 0.1) is 24.6 Å². The lowest BCUT2D eigenvalue weighted by molar-refractivity contribution is 0.0977. The first-order valence-electron chi connectivity index (χ1n) is 8.78. The highest BCUT2D eigenvalue weighted by Crippen LogP contribution is 2.26. The van der Waals surface area contributed by atoms with Gasteiger partial charge in [-0.2, -0.15) is 0 Å². The molecule has 6 nitrogen and oxygen atoms in total. The maximum atomic E-state index is 14.2. The van der Waals surface area contributed by atoms with Gasteiger partial charge in [-0.1, -0.05) is 29.8 Å². The first-order chi connectivity index (χ1) is 13.9. The zero-order valence-corrected chi connectivity index (χ0v) is 16.2. The van der Waals surface area contributed by atoms with Gasteiger partial charge >= 0.3 is 0 Å². The topological polar surface area (TPSA) is 71.0 Å². The summed E-state index contributed by atoms with van der Waals surface area (Å²) in [6.45, 7) is 0.0498. The number of hydrogen-bond acceptors (Lipinski definition) is 3. The normalized spacial score (nSPS) is 11.0. The second-order valence-corrected chi connectivity index (χ2v) is 7.02. The Kier molecular flexibility index (Phi) is 4.90. The monoisotopic (exact) mass is 410 g/mol. The lowest BCUT2D eigenvalue weighted by Gasteiger charge is -2.24. The Labute approximate surface area is 170 Å². The predicted molar refractivity (Wildman–Crippen MR) is 110 cm³/mol. The van der Waals surface area contributed by atoms with Gasteiger partial charge in [0.2, 0.25) is 5.56 Å². The van der Waals surface area contributed by atoms with Crippen LogP contribution in [0.15, 0.2) is 65.8 Å². The molecule has 0 radical (unpaired) electrons. The third-order valence-corrected chi connectivity index (χ3v) is 4.88. The second-order valence-electron chi connectivity index (χ2n) is 6.58. The van der Waals surface area contributed by atoms with E-state index in [1.165, 1.54) is 29.6 Å². The summed E-state index contributed by atoms with van der Waals surface area (Å²) in [5.74, 6) is -0.856. The van der Waals surface area contributed by atoms with Crippen LogP contribution in [0.2, 0.25) is 5.02 Å². The SMILES string of the molecule is Cn1cncc1C(=O)N(Cc1cc(=O)[nH]c2c(F)cccc12)c1cccc(Cl)c1. The van der Waals surface area contributed by atoms with Gasteiger partial charge in [0, 0.05) is 29.2 Å². The Bertz CT molecular complexity index is 1280. The molecule has 0 atom stereocenters. The quantitative estimate of drug-likeness (QED) is 0.554. The van der Waals surface area contributed by atoms with E-state index in [-0.39, 0.29) is 18.0 Å². The maximum absolute atomic E-state index is 14.2. The number of carbonyl (C=O) groups excluding carboxylic acids is 1. The summed E-state index contributed by atoms with van der Waals surface area (Å²) in [5.41, 5.74) is 1.09. The van der Waals surface area contributed by atoms with Crippen LogP contribution in [0.3, 0.4) is 0 Å². The van der Waals surface area contributed by atoms with Crippen LogP contribution in [-0.2, 0) is 13.6 Å². The van der Waals surface area contributed by atoms with Crippen molar-refractivity contribution >= 4 is 34.1 Å². The minimum absolute atomic E-state index is 0.0498. The number of nitrogens with zero attached hydrogens (tertiary/aromatic N) is 3. The molecule has 0 bridgehead atoms. The minimum Gasteiger partial charge on any atom is -0.330 e. The molecule has 146 valence electrons. The number of imidazole rings is 1. The number of H-pyrrole nitrogens is 1. The third kappa shape index (κ3) is 3.64. The fourth-order valence-corrected chi connectivity index (χ4v) is 3.43. The smallest absolute Gasteiger partial charge is 0.276 e. The zero-order valence-electron chi connectivity index (χ0n) is 15.4. The Morgan fingerprint density at radius 1 is 1.24 bits per heavy atom. The van der Waals surface area contributed by atoms with Crippen molar-refractivity contribution in [2.75, 3.05) is 4.90 Å². The van der Waals surface area contributed by atoms with Crippen molar-refractivity contribution < 1.29 is 9.18 Å². The number of amides is 1. The first-order valence-corrected chi connectivity index (χ1v) is 9.16. The molecule has 29 heavy (non-hydrogen) atoms. The van der Waals surface area contributed by atoms with Gasteiger partial charge < -0.3 is 14.5 Å². The number of para-hydroxylation sites is 1. The van der Waals surface area contributed by atoms with E-state index in [1.807, 2.05) is 0 Å². The number of anilines is 1. The van der Waals surface area contributed by atoms with Crippen LogP contribution in [0.25, 0.3) is 10.9 Å². The highest BCUT2D eigenvalue weighted by Gasteiger charge is 2.22. The van der Waals surface area contributed by atoms with Crippen LogP contribution in [0.5, 0.6) is 0 Å². The minimum atomic E-state index is -0.534. The zero-order chi connectivity index (χ0) is 20.5. The highest BCUT2D eigenvalue weighted by atomic mass is 35.5. The van der Waals surface area contributed by atoms with Gasteiger partial charge in [0.1, 0.15) is 11.5 Å². The average molecular weight is 411 g/mol. The molecule has 0 saturated carbocycles. The lowest BCUT2D eigenvalue weighted by Crippen LogP contribution is -2.32. The van der Waals surface area contributed by atoms with E-state index in [9.17, 15) is 14.0 Å². The van der Waals surface area contributed by atoms with Crippen molar-refractivity contribution in [3.63, 3.8) is 0 Å². The number of aromatic amines is 1. The van der Waals surface area contributed by atoms with Gasteiger partial charge in [-0.15, -0.1) is 0 Å². The van der Waals surface area contributed by atoms with E-state index < -0.39 is 11.4 Å². The van der Waals surface area contributed by atoms with Gasteiger partial charge in [0.15, 0.2) is 0 Å². The molecule has 2 heterocycles. The molecule has 1 amide bonds. The molecule has 0 aliphatic rings. The summed E-state index contributed by atoms with van der Waals surface area (Å²) in [4.78, 5) is 33.4. The number of pyridine rings is 1. The molecule has 4 rings (SSSR count). The molecule has 0 spiro atoms. The molecule has 0 aliphatic carbocycles. The summed E-state index contributed by atoms with van der Waals surface area (Å²) in [6.07, 6.45) is 3.00. The van der Waals surface area contributed by atoms with Crippen LogP contribution in [0, 0.1) is 5.82 Å². The summed E-state index contributed by atoms with van der Waals surface area (Å²) >= 11 is 6.13. The number of hydrogen-bond donors (Lipinski definition) is 1. The first kappa shape index (κ1) is 18.9. The molecule has 0 unspecified atom stereocenters. The lowest BCUT2D eigenvalue weighted by atomic mass is 10.1. The number of nitrogens with one attached hydrogen (secondary N) is 1. The highest BCUT2D eigenvalue weighted by molar-refractivity contribution is 6.31. The fourth-order valence-electron chi connectivity index (χ4n) is 3.24. The van der Waals surface area contributed by atoms with E-state index >= 15 is 0 Å². The summed E-state index contributed by atoms with van der Waals surface area (Å²) in [6, 6.07) is 12.8.